The van der Waals surface area contributed by atoms with Crippen molar-refractivity contribution in [3.63, 3.8) is 0 Å². The standard InChI is InChI=1S/C15H18N2O3S/c1-9-10(2)21-14(17-13(18)11-5-6-11)12(9)15(19)20-8-4-3-7-16/h11H,3-6,8H2,1-2H3,(H,17,18). The third kappa shape index (κ3) is 3.82. The molecular formula is C15H18N2O3S. The molecule has 1 aromatic heterocycles. The molecule has 0 radical (unpaired) electrons. The fourth-order valence-corrected chi connectivity index (χ4v) is 2.96. The number of nitriles is 1. The highest BCUT2D eigenvalue weighted by molar-refractivity contribution is 7.16. The van der Waals surface area contributed by atoms with Gasteiger partial charge in [-0.25, -0.2) is 4.79 Å². The van der Waals surface area contributed by atoms with Crippen molar-refractivity contribution in [3.05, 3.63) is 16.0 Å². The zero-order chi connectivity index (χ0) is 15.4. The second kappa shape index (κ2) is 6.72. The predicted octanol–water partition coefficient (Wildman–Crippen LogP) is 3.17. The van der Waals surface area contributed by atoms with Gasteiger partial charge in [0.2, 0.25) is 5.91 Å². The summed E-state index contributed by atoms with van der Waals surface area (Å²) >= 11 is 1.40. The van der Waals surface area contributed by atoms with Crippen LogP contribution in [0.25, 0.3) is 0 Å². The summed E-state index contributed by atoms with van der Waals surface area (Å²) in [5.41, 5.74) is 1.29. The summed E-state index contributed by atoms with van der Waals surface area (Å²) in [6, 6.07) is 2.01. The second-order valence-corrected chi connectivity index (χ2v) is 6.37. The minimum atomic E-state index is -0.430. The first-order valence-electron chi connectivity index (χ1n) is 6.99. The van der Waals surface area contributed by atoms with Gasteiger partial charge in [-0.2, -0.15) is 5.26 Å². The second-order valence-electron chi connectivity index (χ2n) is 5.15. The lowest BCUT2D eigenvalue weighted by molar-refractivity contribution is -0.117. The SMILES string of the molecule is Cc1sc(NC(=O)C2CC2)c(C(=O)OCCCC#N)c1C. The molecule has 0 saturated heterocycles. The van der Waals surface area contributed by atoms with Gasteiger partial charge in [-0.3, -0.25) is 4.79 Å². The molecule has 0 aromatic carbocycles. The molecule has 0 spiro atoms. The van der Waals surface area contributed by atoms with Gasteiger partial charge in [0.1, 0.15) is 5.00 Å². The summed E-state index contributed by atoms with van der Waals surface area (Å²) in [5.74, 6) is -0.358. The van der Waals surface area contributed by atoms with E-state index in [1.807, 2.05) is 19.9 Å². The van der Waals surface area contributed by atoms with Crippen LogP contribution in [0.5, 0.6) is 0 Å². The van der Waals surface area contributed by atoms with Crippen LogP contribution in [0.15, 0.2) is 0 Å². The number of nitrogens with one attached hydrogen (secondary N) is 1. The average Bonchev–Trinajstić information content (AvgIpc) is 3.24. The number of ether oxygens (including phenoxy) is 1. The Morgan fingerprint density at radius 1 is 1.43 bits per heavy atom. The van der Waals surface area contributed by atoms with Gasteiger partial charge < -0.3 is 10.1 Å². The summed E-state index contributed by atoms with van der Waals surface area (Å²) in [6.45, 7) is 3.99. The number of thiophene rings is 1. The Morgan fingerprint density at radius 3 is 2.76 bits per heavy atom. The molecule has 1 saturated carbocycles. The minimum Gasteiger partial charge on any atom is -0.462 e. The Bertz CT molecular complexity index is 597. The zero-order valence-corrected chi connectivity index (χ0v) is 13.0. The average molecular weight is 306 g/mol. The molecule has 1 aliphatic rings. The lowest BCUT2D eigenvalue weighted by Gasteiger charge is -2.07. The fraction of sp³-hybridized carbons (Fsp3) is 0.533. The third-order valence-corrected chi connectivity index (χ3v) is 4.56. The summed E-state index contributed by atoms with van der Waals surface area (Å²) < 4.78 is 5.19. The molecule has 1 amide bonds. The number of anilines is 1. The highest BCUT2D eigenvalue weighted by Gasteiger charge is 2.31. The molecule has 1 aromatic rings. The molecule has 0 bridgehead atoms. The molecular weight excluding hydrogens is 288 g/mol. The van der Waals surface area contributed by atoms with Crippen LogP contribution in [-0.4, -0.2) is 18.5 Å². The lowest BCUT2D eigenvalue weighted by Crippen LogP contribution is -2.16. The maximum atomic E-state index is 12.2. The van der Waals surface area contributed by atoms with Crippen LogP contribution in [0.4, 0.5) is 5.00 Å². The molecule has 1 fully saturated rings. The van der Waals surface area contributed by atoms with E-state index in [-0.39, 0.29) is 18.4 Å². The van der Waals surface area contributed by atoms with Crippen LogP contribution in [-0.2, 0) is 9.53 Å². The maximum absolute atomic E-state index is 12.2. The molecule has 5 nitrogen and oxygen atoms in total. The molecule has 0 aliphatic heterocycles. The number of amides is 1. The number of carbonyl (C=O) groups excluding carboxylic acids is 2. The van der Waals surface area contributed by atoms with Gasteiger partial charge in [0.15, 0.2) is 0 Å². The summed E-state index contributed by atoms with van der Waals surface area (Å²) in [4.78, 5) is 25.0. The largest absolute Gasteiger partial charge is 0.462 e. The molecule has 2 rings (SSSR count). The van der Waals surface area contributed by atoms with E-state index in [1.165, 1.54) is 11.3 Å². The highest BCUT2D eigenvalue weighted by atomic mass is 32.1. The van der Waals surface area contributed by atoms with E-state index in [0.717, 1.165) is 23.3 Å². The molecule has 1 N–H and O–H groups in total. The van der Waals surface area contributed by atoms with Crippen LogP contribution < -0.4 is 5.32 Å². The molecule has 1 heterocycles. The predicted molar refractivity (Wildman–Crippen MR) is 80.3 cm³/mol. The molecule has 112 valence electrons. The fourth-order valence-electron chi connectivity index (χ4n) is 1.91. The number of esters is 1. The lowest BCUT2D eigenvalue weighted by atomic mass is 10.1. The molecule has 0 unspecified atom stereocenters. The quantitative estimate of drug-likeness (QED) is 0.646. The van der Waals surface area contributed by atoms with Crippen molar-refractivity contribution in [2.75, 3.05) is 11.9 Å². The van der Waals surface area contributed by atoms with Crippen LogP contribution in [0, 0.1) is 31.1 Å². The van der Waals surface area contributed by atoms with Gasteiger partial charge in [0.25, 0.3) is 0 Å². The van der Waals surface area contributed by atoms with Crippen LogP contribution in [0.2, 0.25) is 0 Å². The van der Waals surface area contributed by atoms with Gasteiger partial charge in [0.05, 0.1) is 18.2 Å². The van der Waals surface area contributed by atoms with E-state index >= 15 is 0 Å². The van der Waals surface area contributed by atoms with Crippen molar-refractivity contribution in [2.24, 2.45) is 5.92 Å². The number of aryl methyl sites for hydroxylation is 1. The maximum Gasteiger partial charge on any atom is 0.341 e. The van der Waals surface area contributed by atoms with Crippen molar-refractivity contribution in [1.82, 2.24) is 0 Å². The van der Waals surface area contributed by atoms with Crippen molar-refractivity contribution in [2.45, 2.75) is 39.5 Å². The summed E-state index contributed by atoms with van der Waals surface area (Å²) in [5, 5.41) is 11.9. The van der Waals surface area contributed by atoms with Gasteiger partial charge in [-0.15, -0.1) is 11.3 Å². The molecule has 21 heavy (non-hydrogen) atoms. The van der Waals surface area contributed by atoms with E-state index in [4.69, 9.17) is 10.00 Å². The van der Waals surface area contributed by atoms with Crippen molar-refractivity contribution in [3.8, 4) is 6.07 Å². The minimum absolute atomic E-state index is 0.0187. The first-order chi connectivity index (χ1) is 10.0. The Hall–Kier alpha value is -1.87. The summed E-state index contributed by atoms with van der Waals surface area (Å²) in [6.07, 6.45) is 2.72. The van der Waals surface area contributed by atoms with E-state index in [0.29, 0.717) is 23.4 Å². The van der Waals surface area contributed by atoms with Crippen LogP contribution >= 0.6 is 11.3 Å². The van der Waals surface area contributed by atoms with Crippen molar-refractivity contribution < 1.29 is 14.3 Å². The van der Waals surface area contributed by atoms with E-state index in [1.54, 1.807) is 0 Å². The number of hydrogen-bond acceptors (Lipinski definition) is 5. The smallest absolute Gasteiger partial charge is 0.341 e. The van der Waals surface area contributed by atoms with E-state index in [9.17, 15) is 9.59 Å². The first-order valence-corrected chi connectivity index (χ1v) is 7.81. The first kappa shape index (κ1) is 15.5. The van der Waals surface area contributed by atoms with Gasteiger partial charge in [0, 0.05) is 17.2 Å². The number of unbranched alkanes of at least 4 members (excludes halogenated alkanes) is 1. The number of rotatable bonds is 6. The number of hydrogen-bond donors (Lipinski definition) is 1. The van der Waals surface area contributed by atoms with E-state index < -0.39 is 5.97 Å². The number of carbonyl (C=O) groups is 2. The van der Waals surface area contributed by atoms with Gasteiger partial charge in [-0.1, -0.05) is 0 Å². The van der Waals surface area contributed by atoms with Gasteiger partial charge >= 0.3 is 5.97 Å². The Labute approximate surface area is 127 Å². The molecule has 0 atom stereocenters. The highest BCUT2D eigenvalue weighted by Crippen LogP contribution is 2.36. The van der Waals surface area contributed by atoms with Crippen LogP contribution in [0.1, 0.15) is 46.5 Å². The Balaban J connectivity index is 2.07. The molecule has 1 aliphatic carbocycles. The molecule has 6 heteroatoms. The zero-order valence-electron chi connectivity index (χ0n) is 12.2. The van der Waals surface area contributed by atoms with Crippen molar-refractivity contribution in [1.29, 1.82) is 5.26 Å². The summed E-state index contributed by atoms with van der Waals surface area (Å²) in [7, 11) is 0. The monoisotopic (exact) mass is 306 g/mol. The normalized spacial score (nSPS) is 13.6. The van der Waals surface area contributed by atoms with E-state index in [2.05, 4.69) is 5.32 Å². The third-order valence-electron chi connectivity index (χ3n) is 3.44. The Kier molecular flexibility index (Phi) is 4.97. The number of nitrogens with zero attached hydrogens (tertiary/aromatic N) is 1. The van der Waals surface area contributed by atoms with Crippen molar-refractivity contribution >= 4 is 28.2 Å². The topological polar surface area (TPSA) is 79.2 Å². The Morgan fingerprint density at radius 2 is 2.14 bits per heavy atom. The van der Waals surface area contributed by atoms with Gasteiger partial charge in [-0.05, 0) is 38.7 Å². The van der Waals surface area contributed by atoms with Crippen LogP contribution in [0.3, 0.4) is 0 Å².